The maximum atomic E-state index is 12.9. The van der Waals surface area contributed by atoms with Gasteiger partial charge in [0, 0.05) is 30.4 Å². The fraction of sp³-hybridized carbons (Fsp3) is 0.278. The molecule has 1 amide bonds. The van der Waals surface area contributed by atoms with Crippen LogP contribution in [0.5, 0.6) is 0 Å². The van der Waals surface area contributed by atoms with Crippen LogP contribution in [0.2, 0.25) is 0 Å². The molecule has 3 N–H and O–H groups in total. The van der Waals surface area contributed by atoms with Crippen LogP contribution in [0.25, 0.3) is 11.0 Å². The fourth-order valence-electron chi connectivity index (χ4n) is 2.66. The molecule has 0 aliphatic carbocycles. The fourth-order valence-corrected chi connectivity index (χ4v) is 2.66. The van der Waals surface area contributed by atoms with Gasteiger partial charge in [-0.3, -0.25) is 9.89 Å². The number of aromatic nitrogens is 3. The Kier molecular flexibility index (Phi) is 8.51. The second kappa shape index (κ2) is 10.1. The summed E-state index contributed by atoms with van der Waals surface area (Å²) in [5.41, 5.74) is 8.82. The average molecular weight is 396 g/mol. The molecule has 2 heterocycles. The molecule has 1 aromatic carbocycles. The van der Waals surface area contributed by atoms with E-state index in [0.717, 1.165) is 23.1 Å². The van der Waals surface area contributed by atoms with E-state index in [1.165, 1.54) is 0 Å². The van der Waals surface area contributed by atoms with E-state index < -0.39 is 0 Å². The SMILES string of the molecule is Cc1[nH]nc2ncc(C(=O)N(CCCN)Cc3ccccc3)cc12.Cl.Cl. The number of benzene rings is 1. The number of aromatic amines is 1. The van der Waals surface area contributed by atoms with Crippen molar-refractivity contribution >= 4 is 41.8 Å². The zero-order chi connectivity index (χ0) is 16.9. The third-order valence-electron chi connectivity index (χ3n) is 3.98. The largest absolute Gasteiger partial charge is 0.334 e. The average Bonchev–Trinajstić information content (AvgIpc) is 2.99. The van der Waals surface area contributed by atoms with Gasteiger partial charge in [-0.05, 0) is 31.5 Å². The summed E-state index contributed by atoms with van der Waals surface area (Å²) in [7, 11) is 0. The van der Waals surface area contributed by atoms with Crippen LogP contribution in [-0.2, 0) is 6.54 Å². The van der Waals surface area contributed by atoms with Gasteiger partial charge in [0.15, 0.2) is 5.65 Å². The highest BCUT2D eigenvalue weighted by Crippen LogP contribution is 2.17. The minimum atomic E-state index is -0.0395. The van der Waals surface area contributed by atoms with E-state index >= 15 is 0 Å². The van der Waals surface area contributed by atoms with Crippen molar-refractivity contribution in [3.63, 3.8) is 0 Å². The van der Waals surface area contributed by atoms with Gasteiger partial charge in [0.25, 0.3) is 5.91 Å². The summed E-state index contributed by atoms with van der Waals surface area (Å²) in [6, 6.07) is 11.8. The predicted molar refractivity (Wildman–Crippen MR) is 108 cm³/mol. The zero-order valence-electron chi connectivity index (χ0n) is 14.5. The van der Waals surface area contributed by atoms with Crippen molar-refractivity contribution in [3.05, 3.63) is 59.4 Å². The highest BCUT2D eigenvalue weighted by molar-refractivity contribution is 5.97. The van der Waals surface area contributed by atoms with Crippen LogP contribution in [0.3, 0.4) is 0 Å². The van der Waals surface area contributed by atoms with E-state index in [2.05, 4.69) is 15.2 Å². The highest BCUT2D eigenvalue weighted by Gasteiger charge is 2.17. The molecule has 0 aliphatic heterocycles. The number of nitrogens with one attached hydrogen (secondary N) is 1. The first-order valence-electron chi connectivity index (χ1n) is 8.03. The van der Waals surface area contributed by atoms with Gasteiger partial charge in [-0.2, -0.15) is 5.10 Å². The Balaban J connectivity index is 0.00000169. The summed E-state index contributed by atoms with van der Waals surface area (Å²) >= 11 is 0. The number of fused-ring (bicyclic) bond motifs is 1. The zero-order valence-corrected chi connectivity index (χ0v) is 16.1. The van der Waals surface area contributed by atoms with Gasteiger partial charge in [0.05, 0.1) is 5.56 Å². The van der Waals surface area contributed by atoms with Crippen molar-refractivity contribution in [2.24, 2.45) is 5.73 Å². The second-order valence-corrected chi connectivity index (χ2v) is 5.80. The first-order chi connectivity index (χ1) is 11.7. The van der Waals surface area contributed by atoms with Gasteiger partial charge in [-0.15, -0.1) is 24.8 Å². The Morgan fingerprint density at radius 2 is 1.96 bits per heavy atom. The van der Waals surface area contributed by atoms with E-state index in [-0.39, 0.29) is 30.7 Å². The standard InChI is InChI=1S/C18H21N5O.2ClH/c1-13-16-10-15(11-20-17(16)22-21-13)18(24)23(9-5-8-19)12-14-6-3-2-4-7-14;;/h2-4,6-7,10-11H,5,8-9,12,19H2,1H3,(H,20,21,22);2*1H. The number of rotatable bonds is 6. The Hall–Kier alpha value is -2.15. The van der Waals surface area contributed by atoms with Crippen LogP contribution < -0.4 is 5.73 Å². The number of nitrogens with two attached hydrogens (primary N) is 1. The molecule has 2 aromatic heterocycles. The molecule has 0 saturated carbocycles. The monoisotopic (exact) mass is 395 g/mol. The topological polar surface area (TPSA) is 87.9 Å². The lowest BCUT2D eigenvalue weighted by Crippen LogP contribution is -2.32. The maximum Gasteiger partial charge on any atom is 0.255 e. The molecular formula is C18H23Cl2N5O. The Morgan fingerprint density at radius 3 is 2.65 bits per heavy atom. The summed E-state index contributed by atoms with van der Waals surface area (Å²) in [6.07, 6.45) is 2.35. The molecule has 0 unspecified atom stereocenters. The van der Waals surface area contributed by atoms with Crippen molar-refractivity contribution in [2.75, 3.05) is 13.1 Å². The molecule has 0 saturated heterocycles. The summed E-state index contributed by atoms with van der Waals surface area (Å²) in [4.78, 5) is 19.0. The highest BCUT2D eigenvalue weighted by atomic mass is 35.5. The van der Waals surface area contributed by atoms with Crippen molar-refractivity contribution in [1.29, 1.82) is 0 Å². The van der Waals surface area contributed by atoms with E-state index in [0.29, 0.717) is 30.8 Å². The lowest BCUT2D eigenvalue weighted by Gasteiger charge is -2.22. The number of aryl methyl sites for hydroxylation is 1. The van der Waals surface area contributed by atoms with Crippen LogP contribution >= 0.6 is 24.8 Å². The Bertz CT molecular complexity index is 838. The molecule has 0 spiro atoms. The lowest BCUT2D eigenvalue weighted by atomic mass is 10.1. The quantitative estimate of drug-likeness (QED) is 0.670. The molecule has 0 bridgehead atoms. The molecular weight excluding hydrogens is 373 g/mol. The van der Waals surface area contributed by atoms with Crippen LogP contribution in [-0.4, -0.2) is 39.1 Å². The van der Waals surface area contributed by atoms with Crippen LogP contribution in [0.1, 0.15) is 28.0 Å². The molecule has 3 rings (SSSR count). The molecule has 8 heteroatoms. The van der Waals surface area contributed by atoms with Gasteiger partial charge in [0.2, 0.25) is 0 Å². The summed E-state index contributed by atoms with van der Waals surface area (Å²) in [5.74, 6) is -0.0395. The van der Waals surface area contributed by atoms with E-state index in [9.17, 15) is 4.79 Å². The molecule has 0 radical (unpaired) electrons. The number of hydrogen-bond acceptors (Lipinski definition) is 4. The number of amides is 1. The van der Waals surface area contributed by atoms with E-state index in [1.807, 2.05) is 48.2 Å². The van der Waals surface area contributed by atoms with Crippen LogP contribution in [0, 0.1) is 6.92 Å². The number of H-pyrrole nitrogens is 1. The predicted octanol–water partition coefficient (Wildman–Crippen LogP) is 3.10. The smallest absolute Gasteiger partial charge is 0.255 e. The Morgan fingerprint density at radius 1 is 1.23 bits per heavy atom. The molecule has 140 valence electrons. The van der Waals surface area contributed by atoms with Crippen molar-refractivity contribution in [2.45, 2.75) is 19.9 Å². The third kappa shape index (κ3) is 4.94. The van der Waals surface area contributed by atoms with E-state index in [1.54, 1.807) is 6.20 Å². The molecule has 0 aliphatic rings. The van der Waals surface area contributed by atoms with Gasteiger partial charge >= 0.3 is 0 Å². The second-order valence-electron chi connectivity index (χ2n) is 5.80. The third-order valence-corrected chi connectivity index (χ3v) is 3.98. The summed E-state index contributed by atoms with van der Waals surface area (Å²) in [6.45, 7) is 3.65. The first-order valence-corrected chi connectivity index (χ1v) is 8.03. The maximum absolute atomic E-state index is 12.9. The number of nitrogens with zero attached hydrogens (tertiary/aromatic N) is 3. The molecule has 0 atom stereocenters. The van der Waals surface area contributed by atoms with Gasteiger partial charge < -0.3 is 10.6 Å². The van der Waals surface area contributed by atoms with Crippen molar-refractivity contribution in [1.82, 2.24) is 20.1 Å². The number of halogens is 2. The van der Waals surface area contributed by atoms with Crippen LogP contribution in [0.15, 0.2) is 42.6 Å². The summed E-state index contributed by atoms with van der Waals surface area (Å²) < 4.78 is 0. The van der Waals surface area contributed by atoms with Gasteiger partial charge in [0.1, 0.15) is 0 Å². The number of carbonyl (C=O) groups excluding carboxylic acids is 1. The first kappa shape index (κ1) is 21.9. The normalized spacial score (nSPS) is 10.1. The minimum Gasteiger partial charge on any atom is -0.334 e. The molecule has 3 aromatic rings. The summed E-state index contributed by atoms with van der Waals surface area (Å²) in [5, 5.41) is 7.87. The minimum absolute atomic E-state index is 0. The van der Waals surface area contributed by atoms with Gasteiger partial charge in [-0.1, -0.05) is 30.3 Å². The van der Waals surface area contributed by atoms with Crippen molar-refractivity contribution in [3.8, 4) is 0 Å². The molecule has 0 fully saturated rings. The lowest BCUT2D eigenvalue weighted by molar-refractivity contribution is 0.0742. The van der Waals surface area contributed by atoms with E-state index in [4.69, 9.17) is 5.73 Å². The Labute approximate surface area is 165 Å². The van der Waals surface area contributed by atoms with Crippen LogP contribution in [0.4, 0.5) is 0 Å². The molecule has 26 heavy (non-hydrogen) atoms. The van der Waals surface area contributed by atoms with Gasteiger partial charge in [-0.25, -0.2) is 4.98 Å². The van der Waals surface area contributed by atoms with Crippen molar-refractivity contribution < 1.29 is 4.79 Å². The number of pyridine rings is 1. The molecule has 6 nitrogen and oxygen atoms in total. The number of carbonyl (C=O) groups is 1. The number of hydrogen-bond donors (Lipinski definition) is 2.